The Kier molecular flexibility index (Phi) is 8.06. The number of piperazine rings is 1. The highest BCUT2D eigenvalue weighted by Gasteiger charge is 2.25. The van der Waals surface area contributed by atoms with Crippen molar-refractivity contribution in [1.82, 2.24) is 25.1 Å². The van der Waals surface area contributed by atoms with Crippen LogP contribution in [0.2, 0.25) is 5.02 Å². The van der Waals surface area contributed by atoms with Gasteiger partial charge >= 0.3 is 0 Å². The van der Waals surface area contributed by atoms with E-state index in [1.165, 1.54) is 6.54 Å². The lowest BCUT2D eigenvalue weighted by Crippen LogP contribution is -2.47. The Morgan fingerprint density at radius 3 is 2.72 bits per heavy atom. The fraction of sp³-hybridized carbons (Fsp3) is 0.519. The van der Waals surface area contributed by atoms with Crippen molar-refractivity contribution in [2.24, 2.45) is 5.92 Å². The van der Waals surface area contributed by atoms with Crippen molar-refractivity contribution in [3.05, 3.63) is 41.0 Å². The zero-order chi connectivity index (χ0) is 25.1. The van der Waals surface area contributed by atoms with E-state index in [4.69, 9.17) is 16.6 Å². The van der Waals surface area contributed by atoms with E-state index >= 15 is 0 Å². The molecule has 1 aliphatic heterocycles. The lowest BCUT2D eigenvalue weighted by molar-refractivity contribution is 0.0952. The fourth-order valence-corrected chi connectivity index (χ4v) is 6.05. The lowest BCUT2D eigenvalue weighted by Gasteiger charge is -2.35. The van der Waals surface area contributed by atoms with Gasteiger partial charge in [-0.1, -0.05) is 31.5 Å². The molecule has 9 heteroatoms. The summed E-state index contributed by atoms with van der Waals surface area (Å²) in [5.74, 6) is 1.30. The molecular weight excluding hydrogens is 492 g/mol. The molecule has 0 spiro atoms. The molecule has 3 aromatic rings. The Bertz CT molecular complexity index is 1200. The number of nitrogens with zero attached hydrogens (tertiary/aromatic N) is 4. The van der Waals surface area contributed by atoms with Crippen molar-refractivity contribution in [2.75, 3.05) is 51.1 Å². The van der Waals surface area contributed by atoms with Gasteiger partial charge in [-0.25, -0.2) is 9.97 Å². The van der Waals surface area contributed by atoms with Crippen LogP contribution in [0.4, 0.5) is 5.95 Å². The Morgan fingerprint density at radius 1 is 1.19 bits per heavy atom. The predicted molar refractivity (Wildman–Crippen MR) is 149 cm³/mol. The first-order valence-electron chi connectivity index (χ1n) is 13.0. The van der Waals surface area contributed by atoms with Crippen LogP contribution in [0.15, 0.2) is 30.5 Å². The van der Waals surface area contributed by atoms with Crippen molar-refractivity contribution in [2.45, 2.75) is 39.2 Å². The number of anilines is 1. The van der Waals surface area contributed by atoms with Gasteiger partial charge in [-0.15, -0.1) is 11.3 Å². The zero-order valence-corrected chi connectivity index (χ0v) is 22.7. The molecule has 5 rings (SSSR count). The highest BCUT2D eigenvalue weighted by atomic mass is 35.5. The van der Waals surface area contributed by atoms with Crippen molar-refractivity contribution >= 4 is 44.9 Å². The molecule has 2 aromatic heterocycles. The molecule has 7 nitrogen and oxygen atoms in total. The summed E-state index contributed by atoms with van der Waals surface area (Å²) in [5, 5.41) is 7.91. The molecule has 1 amide bonds. The third-order valence-electron chi connectivity index (χ3n) is 6.72. The second kappa shape index (κ2) is 11.4. The number of thiophene rings is 1. The van der Waals surface area contributed by atoms with E-state index < -0.39 is 0 Å². The summed E-state index contributed by atoms with van der Waals surface area (Å²) in [7, 11) is 0. The van der Waals surface area contributed by atoms with Crippen LogP contribution in [-0.2, 0) is 0 Å². The van der Waals surface area contributed by atoms with Gasteiger partial charge in [-0.2, -0.15) is 0 Å². The van der Waals surface area contributed by atoms with Crippen LogP contribution < -0.4 is 10.6 Å². The average molecular weight is 527 g/mol. The summed E-state index contributed by atoms with van der Waals surface area (Å²) in [6, 6.07) is 8.20. The van der Waals surface area contributed by atoms with Gasteiger partial charge in [0, 0.05) is 61.0 Å². The van der Waals surface area contributed by atoms with Gasteiger partial charge in [0.05, 0.1) is 16.1 Å². The smallest absolute Gasteiger partial charge is 0.252 e. The SMILES string of the molecule is CC(C)CN1CCN(CCCNc2ncc(Cl)c(-c3cc4c(C(=O)NC5CC5)cccc4s3)n2)CC1. The van der Waals surface area contributed by atoms with Crippen LogP contribution in [0, 0.1) is 5.92 Å². The summed E-state index contributed by atoms with van der Waals surface area (Å²) < 4.78 is 1.05. The minimum Gasteiger partial charge on any atom is -0.354 e. The maximum atomic E-state index is 12.7. The van der Waals surface area contributed by atoms with Crippen molar-refractivity contribution < 1.29 is 4.79 Å². The molecule has 1 aromatic carbocycles. The van der Waals surface area contributed by atoms with E-state index in [0.717, 1.165) is 79.4 Å². The summed E-state index contributed by atoms with van der Waals surface area (Å²) in [6.45, 7) is 12.3. The number of fused-ring (bicyclic) bond motifs is 1. The van der Waals surface area contributed by atoms with Gasteiger partial charge in [0.15, 0.2) is 0 Å². The molecule has 2 aliphatic rings. The molecule has 0 atom stereocenters. The Hall–Kier alpha value is -2.26. The van der Waals surface area contributed by atoms with E-state index in [1.54, 1.807) is 17.5 Å². The molecule has 36 heavy (non-hydrogen) atoms. The minimum atomic E-state index is -0.00933. The summed E-state index contributed by atoms with van der Waals surface area (Å²) >= 11 is 8.10. The highest BCUT2D eigenvalue weighted by molar-refractivity contribution is 7.22. The van der Waals surface area contributed by atoms with Gasteiger partial charge in [-0.3, -0.25) is 4.79 Å². The third-order valence-corrected chi connectivity index (χ3v) is 8.10. The molecule has 1 aliphatic carbocycles. The standard InChI is InChI=1S/C27H35ClN6OS/c1-18(2)17-34-13-11-33(12-14-34)10-4-9-29-27-30-16-22(28)25(32-27)24-15-21-20(5-3-6-23(21)36-24)26(35)31-19-7-8-19/h3,5-6,15-16,18-19H,4,7-14,17H2,1-2H3,(H,31,35)(H,29,30,32). The molecule has 3 heterocycles. The van der Waals surface area contributed by atoms with E-state index in [1.807, 2.05) is 24.3 Å². The fourth-order valence-electron chi connectivity index (χ4n) is 4.71. The Morgan fingerprint density at radius 2 is 1.97 bits per heavy atom. The topological polar surface area (TPSA) is 73.4 Å². The number of aromatic nitrogens is 2. The maximum absolute atomic E-state index is 12.7. The Labute approximate surface area is 222 Å². The summed E-state index contributed by atoms with van der Waals surface area (Å²) in [5.41, 5.74) is 1.40. The third kappa shape index (κ3) is 6.35. The molecular formula is C27H35ClN6OS. The van der Waals surface area contributed by atoms with E-state index in [9.17, 15) is 4.79 Å². The van der Waals surface area contributed by atoms with Gasteiger partial charge < -0.3 is 20.4 Å². The molecule has 1 saturated heterocycles. The number of halogens is 1. The first kappa shape index (κ1) is 25.4. The number of benzene rings is 1. The predicted octanol–water partition coefficient (Wildman–Crippen LogP) is 4.98. The second-order valence-corrected chi connectivity index (χ2v) is 11.8. The first-order valence-corrected chi connectivity index (χ1v) is 14.2. The minimum absolute atomic E-state index is 0.00933. The van der Waals surface area contributed by atoms with Crippen molar-refractivity contribution in [3.63, 3.8) is 0 Å². The van der Waals surface area contributed by atoms with Crippen LogP contribution >= 0.6 is 22.9 Å². The van der Waals surface area contributed by atoms with Crippen LogP contribution in [-0.4, -0.2) is 77.5 Å². The molecule has 0 unspecified atom stereocenters. The van der Waals surface area contributed by atoms with Crippen LogP contribution in [0.25, 0.3) is 20.7 Å². The lowest BCUT2D eigenvalue weighted by atomic mass is 10.1. The van der Waals surface area contributed by atoms with Gasteiger partial charge in [-0.05, 0) is 49.9 Å². The zero-order valence-electron chi connectivity index (χ0n) is 21.1. The molecule has 0 radical (unpaired) electrons. The monoisotopic (exact) mass is 526 g/mol. The van der Waals surface area contributed by atoms with Crippen LogP contribution in [0.5, 0.6) is 0 Å². The summed E-state index contributed by atoms with van der Waals surface area (Å²) in [4.78, 5) is 27.9. The number of rotatable bonds is 10. The Balaban J connectivity index is 1.19. The average Bonchev–Trinajstić information content (AvgIpc) is 3.57. The molecule has 0 bridgehead atoms. The van der Waals surface area contributed by atoms with Crippen LogP contribution in [0.3, 0.4) is 0 Å². The second-order valence-electron chi connectivity index (χ2n) is 10.3. The van der Waals surface area contributed by atoms with E-state index in [2.05, 4.69) is 39.3 Å². The molecule has 1 saturated carbocycles. The maximum Gasteiger partial charge on any atom is 0.252 e. The van der Waals surface area contributed by atoms with Gasteiger partial charge in [0.2, 0.25) is 5.95 Å². The largest absolute Gasteiger partial charge is 0.354 e. The van der Waals surface area contributed by atoms with Crippen molar-refractivity contribution in [1.29, 1.82) is 0 Å². The number of nitrogens with one attached hydrogen (secondary N) is 2. The molecule has 2 fully saturated rings. The molecule has 2 N–H and O–H groups in total. The number of carbonyl (C=O) groups is 1. The quantitative estimate of drug-likeness (QED) is 0.363. The van der Waals surface area contributed by atoms with E-state index in [-0.39, 0.29) is 5.91 Å². The summed E-state index contributed by atoms with van der Waals surface area (Å²) in [6.07, 6.45) is 4.83. The normalized spacial score (nSPS) is 17.1. The number of hydrogen-bond donors (Lipinski definition) is 2. The van der Waals surface area contributed by atoms with Gasteiger partial charge in [0.25, 0.3) is 5.91 Å². The van der Waals surface area contributed by atoms with Crippen LogP contribution in [0.1, 0.15) is 43.5 Å². The van der Waals surface area contributed by atoms with Gasteiger partial charge in [0.1, 0.15) is 5.69 Å². The number of amides is 1. The highest BCUT2D eigenvalue weighted by Crippen LogP contribution is 2.37. The first-order chi connectivity index (χ1) is 17.5. The van der Waals surface area contributed by atoms with E-state index in [0.29, 0.717) is 28.3 Å². The van der Waals surface area contributed by atoms with Crippen molar-refractivity contribution in [3.8, 4) is 10.6 Å². The molecule has 192 valence electrons. The number of carbonyl (C=O) groups excluding carboxylic acids is 1. The number of hydrogen-bond acceptors (Lipinski definition) is 7.